The number of aliphatic hydroxyl groups excluding tert-OH is 1. The Morgan fingerprint density at radius 1 is 1.12 bits per heavy atom. The molecule has 1 fully saturated rings. The van der Waals surface area contributed by atoms with Crippen LogP contribution >= 0.6 is 15.9 Å². The second kappa shape index (κ2) is 7.72. The monoisotopic (exact) mass is 405 g/mol. The Kier molecular flexibility index (Phi) is 5.61. The zero-order valence-electron chi connectivity index (χ0n) is 14.7. The molecule has 134 valence electrons. The molecule has 0 atom stereocenters. The molecule has 0 spiro atoms. The van der Waals surface area contributed by atoms with Gasteiger partial charge in [0, 0.05) is 54.3 Å². The van der Waals surface area contributed by atoms with Crippen molar-refractivity contribution >= 4 is 21.8 Å². The molecule has 5 nitrogen and oxygen atoms in total. The van der Waals surface area contributed by atoms with Crippen molar-refractivity contribution in [2.24, 2.45) is 0 Å². The van der Waals surface area contributed by atoms with E-state index in [1.54, 1.807) is 0 Å². The number of amides is 1. The van der Waals surface area contributed by atoms with Crippen molar-refractivity contribution in [1.82, 2.24) is 14.4 Å². The van der Waals surface area contributed by atoms with E-state index in [1.807, 2.05) is 49.1 Å². The molecule has 1 aromatic heterocycles. The zero-order chi connectivity index (χ0) is 18.0. The highest BCUT2D eigenvalue weighted by Gasteiger charge is 2.25. The number of aliphatic hydroxyl groups is 1. The third kappa shape index (κ3) is 3.81. The molecule has 1 aromatic carbocycles. The van der Waals surface area contributed by atoms with Crippen LogP contribution in [-0.4, -0.2) is 64.7 Å². The molecule has 1 saturated heterocycles. The predicted octanol–water partition coefficient (Wildman–Crippen LogP) is 2.61. The van der Waals surface area contributed by atoms with Crippen molar-refractivity contribution < 1.29 is 9.90 Å². The van der Waals surface area contributed by atoms with E-state index in [4.69, 9.17) is 5.11 Å². The van der Waals surface area contributed by atoms with Gasteiger partial charge >= 0.3 is 0 Å². The third-order valence-corrected chi connectivity index (χ3v) is 5.35. The van der Waals surface area contributed by atoms with Crippen LogP contribution in [0, 0.1) is 13.8 Å². The average Bonchev–Trinajstić information content (AvgIpc) is 2.91. The number of benzene rings is 1. The first-order valence-corrected chi connectivity index (χ1v) is 9.38. The highest BCUT2D eigenvalue weighted by molar-refractivity contribution is 9.10. The number of hydrogen-bond donors (Lipinski definition) is 1. The minimum absolute atomic E-state index is 0.0973. The lowest BCUT2D eigenvalue weighted by Crippen LogP contribution is -2.49. The van der Waals surface area contributed by atoms with E-state index < -0.39 is 0 Å². The number of aryl methyl sites for hydroxylation is 1. The SMILES string of the molecule is Cc1cc(C(=O)N2CCN(CCO)CC2)c(C)n1-c1ccc(Br)cc1. The highest BCUT2D eigenvalue weighted by Crippen LogP contribution is 2.23. The van der Waals surface area contributed by atoms with Crippen molar-refractivity contribution in [1.29, 1.82) is 0 Å². The van der Waals surface area contributed by atoms with E-state index in [0.29, 0.717) is 19.6 Å². The van der Waals surface area contributed by atoms with Gasteiger partial charge in [-0.25, -0.2) is 0 Å². The lowest BCUT2D eigenvalue weighted by Gasteiger charge is -2.34. The number of carbonyl (C=O) groups excluding carboxylic acids is 1. The van der Waals surface area contributed by atoms with Gasteiger partial charge in [-0.05, 0) is 44.2 Å². The van der Waals surface area contributed by atoms with Crippen molar-refractivity contribution in [3.05, 3.63) is 51.8 Å². The molecule has 1 N–H and O–H groups in total. The molecule has 25 heavy (non-hydrogen) atoms. The molecule has 0 bridgehead atoms. The molecule has 1 aliphatic heterocycles. The van der Waals surface area contributed by atoms with Crippen molar-refractivity contribution in [2.45, 2.75) is 13.8 Å². The summed E-state index contributed by atoms with van der Waals surface area (Å²) in [5.74, 6) is 0.0973. The van der Waals surface area contributed by atoms with E-state index in [9.17, 15) is 4.79 Å². The van der Waals surface area contributed by atoms with E-state index in [0.717, 1.165) is 40.2 Å². The number of rotatable bonds is 4. The van der Waals surface area contributed by atoms with E-state index in [1.165, 1.54) is 0 Å². The summed E-state index contributed by atoms with van der Waals surface area (Å²) in [6, 6.07) is 10.1. The quantitative estimate of drug-likeness (QED) is 0.850. The third-order valence-electron chi connectivity index (χ3n) is 4.82. The molecule has 2 heterocycles. The summed E-state index contributed by atoms with van der Waals surface area (Å²) in [5.41, 5.74) is 3.87. The molecular formula is C19H24BrN3O2. The highest BCUT2D eigenvalue weighted by atomic mass is 79.9. The van der Waals surface area contributed by atoms with Crippen LogP contribution in [0.3, 0.4) is 0 Å². The Labute approximate surface area is 157 Å². The summed E-state index contributed by atoms with van der Waals surface area (Å²) in [6.07, 6.45) is 0. The molecular weight excluding hydrogens is 382 g/mol. The molecule has 0 radical (unpaired) electrons. The van der Waals surface area contributed by atoms with Crippen LogP contribution in [0.5, 0.6) is 0 Å². The average molecular weight is 406 g/mol. The minimum atomic E-state index is 0.0973. The van der Waals surface area contributed by atoms with Gasteiger partial charge < -0.3 is 14.6 Å². The van der Waals surface area contributed by atoms with Crippen molar-refractivity contribution in [3.63, 3.8) is 0 Å². The Hall–Kier alpha value is -1.63. The van der Waals surface area contributed by atoms with Crippen molar-refractivity contribution in [2.75, 3.05) is 39.3 Å². The van der Waals surface area contributed by atoms with Gasteiger partial charge in [0.15, 0.2) is 0 Å². The number of halogens is 1. The van der Waals surface area contributed by atoms with Gasteiger partial charge in [0.05, 0.1) is 12.2 Å². The topological polar surface area (TPSA) is 48.7 Å². The molecule has 0 unspecified atom stereocenters. The first kappa shape index (κ1) is 18.2. The lowest BCUT2D eigenvalue weighted by atomic mass is 10.2. The Morgan fingerprint density at radius 2 is 1.76 bits per heavy atom. The van der Waals surface area contributed by atoms with E-state index in [2.05, 4.69) is 25.4 Å². The molecule has 2 aromatic rings. The summed E-state index contributed by atoms with van der Waals surface area (Å²) < 4.78 is 3.16. The van der Waals surface area contributed by atoms with Gasteiger partial charge in [-0.15, -0.1) is 0 Å². The summed E-state index contributed by atoms with van der Waals surface area (Å²) in [4.78, 5) is 17.1. The van der Waals surface area contributed by atoms with Crippen LogP contribution in [-0.2, 0) is 0 Å². The second-order valence-electron chi connectivity index (χ2n) is 6.45. The first-order chi connectivity index (χ1) is 12.0. The molecule has 1 aliphatic rings. The van der Waals surface area contributed by atoms with Crippen LogP contribution in [0.25, 0.3) is 5.69 Å². The fourth-order valence-electron chi connectivity index (χ4n) is 3.45. The molecule has 0 aliphatic carbocycles. The maximum Gasteiger partial charge on any atom is 0.255 e. The maximum absolute atomic E-state index is 13.0. The molecule has 6 heteroatoms. The zero-order valence-corrected chi connectivity index (χ0v) is 16.3. The minimum Gasteiger partial charge on any atom is -0.395 e. The van der Waals surface area contributed by atoms with Gasteiger partial charge in [-0.3, -0.25) is 9.69 Å². The van der Waals surface area contributed by atoms with Crippen LogP contribution in [0.1, 0.15) is 21.7 Å². The number of nitrogens with zero attached hydrogens (tertiary/aromatic N) is 3. The second-order valence-corrected chi connectivity index (χ2v) is 7.37. The van der Waals surface area contributed by atoms with Crippen LogP contribution in [0.4, 0.5) is 0 Å². The van der Waals surface area contributed by atoms with Crippen LogP contribution < -0.4 is 0 Å². The Bertz CT molecular complexity index is 747. The van der Waals surface area contributed by atoms with Gasteiger partial charge in [0.25, 0.3) is 5.91 Å². The molecule has 3 rings (SSSR count). The summed E-state index contributed by atoms with van der Waals surface area (Å²) in [7, 11) is 0. The summed E-state index contributed by atoms with van der Waals surface area (Å²) in [6.45, 7) is 7.94. The summed E-state index contributed by atoms with van der Waals surface area (Å²) in [5, 5.41) is 9.04. The largest absolute Gasteiger partial charge is 0.395 e. The van der Waals surface area contributed by atoms with E-state index >= 15 is 0 Å². The van der Waals surface area contributed by atoms with Gasteiger partial charge in [-0.1, -0.05) is 15.9 Å². The number of β-amino-alcohol motifs (C(OH)–C–C–N with tert-alkyl or cyclic N) is 1. The normalized spacial score (nSPS) is 15.6. The van der Waals surface area contributed by atoms with Crippen LogP contribution in [0.2, 0.25) is 0 Å². The van der Waals surface area contributed by atoms with Gasteiger partial charge in [-0.2, -0.15) is 0 Å². The van der Waals surface area contributed by atoms with Crippen molar-refractivity contribution in [3.8, 4) is 5.69 Å². The number of carbonyl (C=O) groups is 1. The van der Waals surface area contributed by atoms with Gasteiger partial charge in [0.2, 0.25) is 0 Å². The Morgan fingerprint density at radius 3 is 2.36 bits per heavy atom. The fraction of sp³-hybridized carbons (Fsp3) is 0.421. The standard InChI is InChI=1S/C19H24BrN3O2/c1-14-13-18(15(2)23(14)17-5-3-16(20)4-6-17)19(25)22-9-7-21(8-10-22)11-12-24/h3-6,13,24H,7-12H2,1-2H3. The van der Waals surface area contributed by atoms with Crippen LogP contribution in [0.15, 0.2) is 34.8 Å². The number of aromatic nitrogens is 1. The van der Waals surface area contributed by atoms with E-state index in [-0.39, 0.29) is 12.5 Å². The van der Waals surface area contributed by atoms with Gasteiger partial charge in [0.1, 0.15) is 0 Å². The maximum atomic E-state index is 13.0. The number of hydrogen-bond acceptors (Lipinski definition) is 3. The molecule has 1 amide bonds. The predicted molar refractivity (Wildman–Crippen MR) is 102 cm³/mol. The lowest BCUT2D eigenvalue weighted by molar-refractivity contribution is 0.0614. The fourth-order valence-corrected chi connectivity index (χ4v) is 3.72. The first-order valence-electron chi connectivity index (χ1n) is 8.58. The number of piperazine rings is 1. The summed E-state index contributed by atoms with van der Waals surface area (Å²) >= 11 is 3.46. The molecule has 0 saturated carbocycles. The Balaban J connectivity index is 1.80. The smallest absolute Gasteiger partial charge is 0.255 e.